The second-order valence-electron chi connectivity index (χ2n) is 3.84. The minimum atomic E-state index is -0.365. The summed E-state index contributed by atoms with van der Waals surface area (Å²) < 4.78 is 0. The van der Waals surface area contributed by atoms with Gasteiger partial charge in [-0.2, -0.15) is 0 Å². The van der Waals surface area contributed by atoms with E-state index in [4.69, 9.17) is 35.4 Å². The van der Waals surface area contributed by atoms with E-state index in [1.54, 1.807) is 23.5 Å². The van der Waals surface area contributed by atoms with Crippen molar-refractivity contribution in [3.05, 3.63) is 56.2 Å². The molecule has 104 valence electrons. The van der Waals surface area contributed by atoms with Gasteiger partial charge in [-0.15, -0.1) is 11.3 Å². The molecule has 0 saturated carbocycles. The summed E-state index contributed by atoms with van der Waals surface area (Å²) in [6.45, 7) is 0.575. The fourth-order valence-electron chi connectivity index (χ4n) is 1.47. The monoisotopic (exact) mass is 344 g/mol. The average Bonchev–Trinajstić information content (AvgIpc) is 2.89. The number of nitrogens with one attached hydrogen (secondary N) is 2. The molecule has 2 N–H and O–H groups in total. The van der Waals surface area contributed by atoms with E-state index in [9.17, 15) is 4.79 Å². The Morgan fingerprint density at radius 1 is 1.30 bits per heavy atom. The lowest BCUT2D eigenvalue weighted by Gasteiger charge is -2.09. The van der Waals surface area contributed by atoms with Gasteiger partial charge in [0.15, 0.2) is 5.11 Å². The smallest absolute Gasteiger partial charge is 0.258 e. The van der Waals surface area contributed by atoms with Gasteiger partial charge in [-0.3, -0.25) is 10.1 Å². The van der Waals surface area contributed by atoms with Gasteiger partial charge < -0.3 is 5.32 Å². The van der Waals surface area contributed by atoms with Crippen LogP contribution in [0.3, 0.4) is 0 Å². The molecule has 1 amide bonds. The van der Waals surface area contributed by atoms with E-state index < -0.39 is 0 Å². The van der Waals surface area contributed by atoms with Crippen LogP contribution in [0, 0.1) is 0 Å². The molecule has 1 heterocycles. The van der Waals surface area contributed by atoms with E-state index in [0.717, 1.165) is 4.88 Å². The van der Waals surface area contributed by atoms with Crippen LogP contribution in [-0.4, -0.2) is 11.0 Å². The normalized spacial score (nSPS) is 10.1. The number of thiocarbonyl (C=S) groups is 1. The molecule has 2 aromatic rings. The summed E-state index contributed by atoms with van der Waals surface area (Å²) >= 11 is 18.4. The molecule has 0 aliphatic carbocycles. The Morgan fingerprint density at radius 2 is 2.10 bits per heavy atom. The van der Waals surface area contributed by atoms with Crippen molar-refractivity contribution in [2.24, 2.45) is 0 Å². The Morgan fingerprint density at radius 3 is 2.75 bits per heavy atom. The maximum Gasteiger partial charge on any atom is 0.258 e. The Kier molecular flexibility index (Phi) is 5.37. The molecule has 0 bridgehead atoms. The van der Waals surface area contributed by atoms with Gasteiger partial charge in [-0.1, -0.05) is 29.3 Å². The highest BCUT2D eigenvalue weighted by atomic mass is 35.5. The Hall–Kier alpha value is -1.14. The fraction of sp³-hybridized carbons (Fsp3) is 0.0769. The van der Waals surface area contributed by atoms with Gasteiger partial charge in [0.1, 0.15) is 0 Å². The second-order valence-corrected chi connectivity index (χ2v) is 6.12. The molecule has 1 aromatic carbocycles. The Labute approximate surface area is 135 Å². The average molecular weight is 345 g/mol. The lowest BCUT2D eigenvalue weighted by atomic mass is 10.2. The molecule has 0 aliphatic rings. The van der Waals surface area contributed by atoms with Gasteiger partial charge in [-0.25, -0.2) is 0 Å². The standard InChI is InChI=1S/C13H10Cl2N2OS2/c14-8-3-4-10(11(15)6-8)12(18)17-13(19)16-7-9-2-1-5-20-9/h1-6H,7H2,(H2,16,17,18,19). The van der Waals surface area contributed by atoms with Gasteiger partial charge in [0.05, 0.1) is 17.1 Å². The van der Waals surface area contributed by atoms with E-state index >= 15 is 0 Å². The molecule has 0 spiro atoms. The minimum Gasteiger partial charge on any atom is -0.357 e. The maximum atomic E-state index is 12.0. The van der Waals surface area contributed by atoms with Gasteiger partial charge >= 0.3 is 0 Å². The summed E-state index contributed by atoms with van der Waals surface area (Å²) in [5.74, 6) is -0.365. The van der Waals surface area contributed by atoms with Crippen molar-refractivity contribution in [1.29, 1.82) is 0 Å². The molecular formula is C13H10Cl2N2OS2. The SMILES string of the molecule is O=C(NC(=S)NCc1cccs1)c1ccc(Cl)cc1Cl. The lowest BCUT2D eigenvalue weighted by Crippen LogP contribution is -2.38. The molecule has 7 heteroatoms. The summed E-state index contributed by atoms with van der Waals surface area (Å²) in [6.07, 6.45) is 0. The number of benzene rings is 1. The van der Waals surface area contributed by atoms with Crippen LogP contribution in [0.2, 0.25) is 10.0 Å². The zero-order valence-electron chi connectivity index (χ0n) is 10.2. The number of carbonyl (C=O) groups excluding carboxylic acids is 1. The fourth-order valence-corrected chi connectivity index (χ4v) is 2.77. The van der Waals surface area contributed by atoms with Crippen LogP contribution in [0.5, 0.6) is 0 Å². The first-order valence-corrected chi connectivity index (χ1v) is 7.67. The summed E-state index contributed by atoms with van der Waals surface area (Å²) in [7, 11) is 0. The molecule has 0 saturated heterocycles. The maximum absolute atomic E-state index is 12.0. The molecule has 0 aliphatic heterocycles. The number of thiophene rings is 1. The van der Waals surface area contributed by atoms with Crippen molar-refractivity contribution < 1.29 is 4.79 Å². The van der Waals surface area contributed by atoms with Crippen molar-refractivity contribution >= 4 is 57.8 Å². The van der Waals surface area contributed by atoms with Crippen LogP contribution < -0.4 is 10.6 Å². The Balaban J connectivity index is 1.92. The third-order valence-electron chi connectivity index (χ3n) is 2.41. The lowest BCUT2D eigenvalue weighted by molar-refractivity contribution is 0.0977. The highest BCUT2D eigenvalue weighted by Gasteiger charge is 2.12. The van der Waals surface area contributed by atoms with Crippen molar-refractivity contribution in [1.82, 2.24) is 10.6 Å². The van der Waals surface area contributed by atoms with Gasteiger partial charge in [0.25, 0.3) is 5.91 Å². The van der Waals surface area contributed by atoms with Crippen LogP contribution in [0.15, 0.2) is 35.7 Å². The molecule has 0 unspecified atom stereocenters. The van der Waals surface area contributed by atoms with Crippen LogP contribution in [0.1, 0.15) is 15.2 Å². The van der Waals surface area contributed by atoms with Gasteiger partial charge in [-0.05, 0) is 41.9 Å². The molecule has 20 heavy (non-hydrogen) atoms. The molecule has 0 fully saturated rings. The molecule has 0 atom stereocenters. The van der Waals surface area contributed by atoms with Crippen molar-refractivity contribution in [2.75, 3.05) is 0 Å². The van der Waals surface area contributed by atoms with Crippen LogP contribution in [0.25, 0.3) is 0 Å². The van der Waals surface area contributed by atoms with Crippen molar-refractivity contribution in [3.8, 4) is 0 Å². The quantitative estimate of drug-likeness (QED) is 0.830. The number of rotatable bonds is 3. The largest absolute Gasteiger partial charge is 0.357 e. The predicted molar refractivity (Wildman–Crippen MR) is 87.7 cm³/mol. The van der Waals surface area contributed by atoms with Crippen LogP contribution in [-0.2, 0) is 6.54 Å². The van der Waals surface area contributed by atoms with Crippen molar-refractivity contribution in [2.45, 2.75) is 6.54 Å². The van der Waals surface area contributed by atoms with E-state index in [1.807, 2.05) is 17.5 Å². The molecule has 2 rings (SSSR count). The predicted octanol–water partition coefficient (Wildman–Crippen LogP) is 3.86. The number of carbonyl (C=O) groups is 1. The minimum absolute atomic E-state index is 0.259. The van der Waals surface area contributed by atoms with E-state index in [-0.39, 0.29) is 16.0 Å². The third kappa shape index (κ3) is 4.18. The van der Waals surface area contributed by atoms with E-state index in [0.29, 0.717) is 17.1 Å². The van der Waals surface area contributed by atoms with Gasteiger partial charge in [0.2, 0.25) is 0 Å². The van der Waals surface area contributed by atoms with Crippen molar-refractivity contribution in [3.63, 3.8) is 0 Å². The molecular weight excluding hydrogens is 335 g/mol. The Bertz CT molecular complexity index is 629. The first-order chi connectivity index (χ1) is 9.56. The molecule has 3 nitrogen and oxygen atoms in total. The summed E-state index contributed by atoms with van der Waals surface area (Å²) in [5.41, 5.74) is 0.330. The summed E-state index contributed by atoms with van der Waals surface area (Å²) in [4.78, 5) is 13.1. The zero-order valence-corrected chi connectivity index (χ0v) is 13.3. The summed E-state index contributed by atoms with van der Waals surface area (Å²) in [6, 6.07) is 8.61. The highest BCUT2D eigenvalue weighted by molar-refractivity contribution is 7.80. The molecule has 1 aromatic heterocycles. The molecule has 0 radical (unpaired) electrons. The van der Waals surface area contributed by atoms with Gasteiger partial charge in [0, 0.05) is 9.90 Å². The van der Waals surface area contributed by atoms with Crippen LogP contribution in [0.4, 0.5) is 0 Å². The number of hydrogen-bond acceptors (Lipinski definition) is 3. The summed E-state index contributed by atoms with van der Waals surface area (Å²) in [5, 5.41) is 8.54. The van der Waals surface area contributed by atoms with E-state index in [2.05, 4.69) is 10.6 Å². The highest BCUT2D eigenvalue weighted by Crippen LogP contribution is 2.20. The first-order valence-electron chi connectivity index (χ1n) is 5.63. The number of halogens is 2. The third-order valence-corrected chi connectivity index (χ3v) is 4.08. The van der Waals surface area contributed by atoms with Crippen LogP contribution >= 0.6 is 46.8 Å². The zero-order chi connectivity index (χ0) is 14.5. The first kappa shape index (κ1) is 15.3. The number of amides is 1. The number of hydrogen-bond donors (Lipinski definition) is 2. The second kappa shape index (κ2) is 7.04. The topological polar surface area (TPSA) is 41.1 Å². The van der Waals surface area contributed by atoms with E-state index in [1.165, 1.54) is 6.07 Å².